The third-order valence-electron chi connectivity index (χ3n) is 3.46. The molecule has 7 heteroatoms. The number of hydrogen-bond donors (Lipinski definition) is 2. The molecule has 7 nitrogen and oxygen atoms in total. The largest absolute Gasteiger partial charge is 0.454 e. The minimum Gasteiger partial charge on any atom is -0.454 e. The van der Waals surface area contributed by atoms with Gasteiger partial charge in [0.05, 0.1) is 0 Å². The summed E-state index contributed by atoms with van der Waals surface area (Å²) in [6.07, 6.45) is 0. The Labute approximate surface area is 146 Å². The average molecular weight is 342 g/mol. The molecule has 0 bridgehead atoms. The highest BCUT2D eigenvalue weighted by Gasteiger charge is 2.16. The number of anilines is 1. The Kier molecular flexibility index (Phi) is 4.48. The lowest BCUT2D eigenvalue weighted by Crippen LogP contribution is -2.28. The Morgan fingerprint density at radius 2 is 1.92 bits per heavy atom. The van der Waals surface area contributed by atoms with E-state index >= 15 is 0 Å². The summed E-state index contributed by atoms with van der Waals surface area (Å²) in [5.41, 5.74) is 1.11. The summed E-state index contributed by atoms with van der Waals surface area (Å²) in [6, 6.07) is 7.25. The lowest BCUT2D eigenvalue weighted by molar-refractivity contribution is 0.0945. The first kappa shape index (κ1) is 17.0. The molecule has 0 aliphatic carbocycles. The molecule has 3 rings (SSSR count). The van der Waals surface area contributed by atoms with Gasteiger partial charge in [0.25, 0.3) is 5.91 Å². The van der Waals surface area contributed by atoms with E-state index in [4.69, 9.17) is 9.47 Å². The van der Waals surface area contributed by atoms with E-state index in [2.05, 4.69) is 20.6 Å². The van der Waals surface area contributed by atoms with Crippen LogP contribution in [0.15, 0.2) is 24.3 Å². The van der Waals surface area contributed by atoms with Crippen molar-refractivity contribution in [2.24, 2.45) is 0 Å². The highest BCUT2D eigenvalue weighted by molar-refractivity contribution is 5.92. The molecule has 1 aliphatic heterocycles. The quantitative estimate of drug-likeness (QED) is 0.888. The minimum atomic E-state index is -0.250. The van der Waals surface area contributed by atoms with Crippen LogP contribution in [0.5, 0.6) is 11.5 Å². The first-order valence-electron chi connectivity index (χ1n) is 8.11. The van der Waals surface area contributed by atoms with E-state index < -0.39 is 0 Å². The van der Waals surface area contributed by atoms with Gasteiger partial charge in [0, 0.05) is 18.2 Å². The minimum absolute atomic E-state index is 0.152. The molecule has 0 atom stereocenters. The number of amides is 1. The number of fused-ring (bicyclic) bond motifs is 1. The zero-order valence-electron chi connectivity index (χ0n) is 14.8. The third-order valence-corrected chi connectivity index (χ3v) is 3.46. The zero-order chi connectivity index (χ0) is 18.0. The maximum absolute atomic E-state index is 12.4. The molecular weight excluding hydrogens is 320 g/mol. The number of aryl methyl sites for hydroxylation is 1. The van der Waals surface area contributed by atoms with Gasteiger partial charge in [-0.2, -0.15) is 0 Å². The number of carbonyl (C=O) groups excluding carboxylic acids is 1. The number of ether oxygens (including phenoxy) is 2. The van der Waals surface area contributed by atoms with Crippen molar-refractivity contribution in [3.63, 3.8) is 0 Å². The molecule has 1 aliphatic rings. The fourth-order valence-electron chi connectivity index (χ4n) is 2.46. The summed E-state index contributed by atoms with van der Waals surface area (Å²) < 4.78 is 10.6. The Morgan fingerprint density at radius 3 is 2.68 bits per heavy atom. The van der Waals surface area contributed by atoms with Crippen molar-refractivity contribution in [3.8, 4) is 11.5 Å². The fraction of sp³-hybridized carbons (Fsp3) is 0.389. The van der Waals surface area contributed by atoms with Gasteiger partial charge in [-0.15, -0.1) is 0 Å². The normalized spacial score (nSPS) is 12.8. The van der Waals surface area contributed by atoms with Crippen LogP contribution in [0.25, 0.3) is 0 Å². The molecule has 0 spiro atoms. The van der Waals surface area contributed by atoms with Crippen LogP contribution in [0.3, 0.4) is 0 Å². The number of hydrogen-bond acceptors (Lipinski definition) is 6. The molecule has 0 unspecified atom stereocenters. The van der Waals surface area contributed by atoms with Crippen LogP contribution in [0.4, 0.5) is 5.82 Å². The van der Waals surface area contributed by atoms with Crippen molar-refractivity contribution in [1.29, 1.82) is 0 Å². The van der Waals surface area contributed by atoms with Crippen molar-refractivity contribution in [2.75, 3.05) is 12.1 Å². The second-order valence-corrected chi connectivity index (χ2v) is 6.93. The van der Waals surface area contributed by atoms with E-state index in [0.29, 0.717) is 29.6 Å². The van der Waals surface area contributed by atoms with Crippen LogP contribution in [0.1, 0.15) is 42.6 Å². The second kappa shape index (κ2) is 6.58. The maximum atomic E-state index is 12.4. The summed E-state index contributed by atoms with van der Waals surface area (Å²) in [4.78, 5) is 21.0. The van der Waals surface area contributed by atoms with Gasteiger partial charge >= 0.3 is 0 Å². The summed E-state index contributed by atoms with van der Waals surface area (Å²) in [5.74, 6) is 2.34. The van der Waals surface area contributed by atoms with Gasteiger partial charge in [-0.25, -0.2) is 9.97 Å². The van der Waals surface area contributed by atoms with E-state index in [1.807, 2.05) is 39.0 Å². The first-order valence-corrected chi connectivity index (χ1v) is 8.11. The first-order chi connectivity index (χ1) is 11.8. The van der Waals surface area contributed by atoms with Gasteiger partial charge in [-0.3, -0.25) is 4.79 Å². The Hall–Kier alpha value is -2.83. The Balaban J connectivity index is 1.68. The third kappa shape index (κ3) is 4.37. The van der Waals surface area contributed by atoms with Crippen LogP contribution in [-0.2, 0) is 6.54 Å². The van der Waals surface area contributed by atoms with E-state index in [1.54, 1.807) is 13.0 Å². The summed E-state index contributed by atoms with van der Waals surface area (Å²) in [7, 11) is 0. The Bertz CT molecular complexity index is 799. The van der Waals surface area contributed by atoms with Crippen molar-refractivity contribution >= 4 is 11.7 Å². The summed E-state index contributed by atoms with van der Waals surface area (Å²) >= 11 is 0. The smallest absolute Gasteiger partial charge is 0.270 e. The Morgan fingerprint density at radius 1 is 1.16 bits per heavy atom. The number of aromatic nitrogens is 2. The maximum Gasteiger partial charge on any atom is 0.270 e. The summed E-state index contributed by atoms with van der Waals surface area (Å²) in [6.45, 7) is 8.47. The molecule has 25 heavy (non-hydrogen) atoms. The molecular formula is C18H22N4O3. The lowest BCUT2D eigenvalue weighted by atomic mass is 10.1. The van der Waals surface area contributed by atoms with Gasteiger partial charge < -0.3 is 20.1 Å². The van der Waals surface area contributed by atoms with E-state index in [0.717, 1.165) is 11.3 Å². The monoisotopic (exact) mass is 342 g/mol. The topological polar surface area (TPSA) is 85.4 Å². The number of nitrogens with zero attached hydrogens (tertiary/aromatic N) is 2. The lowest BCUT2D eigenvalue weighted by Gasteiger charge is -2.21. The molecule has 2 aromatic rings. The molecule has 0 saturated heterocycles. The van der Waals surface area contributed by atoms with Gasteiger partial charge in [0.1, 0.15) is 17.3 Å². The van der Waals surface area contributed by atoms with E-state index in [-0.39, 0.29) is 18.2 Å². The van der Waals surface area contributed by atoms with Crippen molar-refractivity contribution in [2.45, 2.75) is 39.8 Å². The van der Waals surface area contributed by atoms with Crippen LogP contribution in [0, 0.1) is 6.92 Å². The molecule has 2 N–H and O–H groups in total. The van der Waals surface area contributed by atoms with Gasteiger partial charge in [-0.1, -0.05) is 6.07 Å². The second-order valence-electron chi connectivity index (χ2n) is 6.93. The molecule has 1 amide bonds. The zero-order valence-corrected chi connectivity index (χ0v) is 14.8. The van der Waals surface area contributed by atoms with Crippen molar-refractivity contribution < 1.29 is 14.3 Å². The van der Waals surface area contributed by atoms with Gasteiger partial charge in [-0.05, 0) is 45.4 Å². The molecule has 1 aromatic heterocycles. The fourth-order valence-corrected chi connectivity index (χ4v) is 2.46. The predicted molar refractivity (Wildman–Crippen MR) is 93.9 cm³/mol. The highest BCUT2D eigenvalue weighted by atomic mass is 16.7. The van der Waals surface area contributed by atoms with E-state index in [1.165, 1.54) is 0 Å². The van der Waals surface area contributed by atoms with Crippen LogP contribution in [0.2, 0.25) is 0 Å². The number of nitrogens with one attached hydrogen (secondary N) is 2. The molecule has 1 aromatic carbocycles. The van der Waals surface area contributed by atoms with Crippen LogP contribution in [-0.4, -0.2) is 28.2 Å². The average Bonchev–Trinajstić information content (AvgIpc) is 2.97. The molecule has 2 heterocycles. The standard InChI is InChI=1S/C18H22N4O3/c1-11-20-13(8-16(21-11)22-18(2,3)4)17(23)19-9-12-5-6-14-15(7-12)25-10-24-14/h5-8H,9-10H2,1-4H3,(H,19,23)(H,20,21,22). The highest BCUT2D eigenvalue weighted by Crippen LogP contribution is 2.32. The SMILES string of the molecule is Cc1nc(NC(C)(C)C)cc(C(=O)NCc2ccc3c(c2)OCO3)n1. The molecule has 132 valence electrons. The van der Waals surface area contributed by atoms with Crippen molar-refractivity contribution in [3.05, 3.63) is 41.3 Å². The van der Waals surface area contributed by atoms with Gasteiger partial charge in [0.15, 0.2) is 11.5 Å². The van der Waals surface area contributed by atoms with Crippen molar-refractivity contribution in [1.82, 2.24) is 15.3 Å². The van der Waals surface area contributed by atoms with Gasteiger partial charge in [0.2, 0.25) is 6.79 Å². The number of carbonyl (C=O) groups is 1. The molecule has 0 saturated carbocycles. The number of rotatable bonds is 4. The molecule has 0 radical (unpaired) electrons. The van der Waals surface area contributed by atoms with Crippen LogP contribution >= 0.6 is 0 Å². The number of benzene rings is 1. The summed E-state index contributed by atoms with van der Waals surface area (Å²) in [5, 5.41) is 6.13. The van der Waals surface area contributed by atoms with Crippen LogP contribution < -0.4 is 20.1 Å². The predicted octanol–water partition coefficient (Wildman–Crippen LogP) is 2.65. The van der Waals surface area contributed by atoms with E-state index in [9.17, 15) is 4.79 Å². The molecule has 0 fully saturated rings.